The van der Waals surface area contributed by atoms with Crippen LogP contribution in [0.5, 0.6) is 0 Å². The number of carbonyl (C=O) groups excluding carboxylic acids is 1. The molecule has 1 heterocycles. The second-order valence-corrected chi connectivity index (χ2v) is 4.86. The van der Waals surface area contributed by atoms with E-state index in [0.717, 1.165) is 29.9 Å². The Bertz CT molecular complexity index is 635. The molecular weight excluding hydrogens is 252 g/mol. The topological polar surface area (TPSA) is 61.4 Å². The molecule has 0 saturated heterocycles. The van der Waals surface area contributed by atoms with Crippen LogP contribution < -0.4 is 10.6 Å². The van der Waals surface area contributed by atoms with E-state index < -0.39 is 0 Å². The molecule has 3 rings (SSSR count). The number of nitrogens with one attached hydrogen (secondary N) is 2. The maximum Gasteiger partial charge on any atom is 0.255 e. The van der Waals surface area contributed by atoms with Gasteiger partial charge in [0.05, 0.1) is 6.61 Å². The highest BCUT2D eigenvalue weighted by atomic mass is 16.3. The maximum atomic E-state index is 12.2. The summed E-state index contributed by atoms with van der Waals surface area (Å²) in [6.45, 7) is 0.940. The minimum Gasteiger partial charge on any atom is -0.392 e. The number of carbonyl (C=O) groups is 1. The highest BCUT2D eigenvalue weighted by Gasteiger charge is 2.13. The monoisotopic (exact) mass is 268 g/mol. The third kappa shape index (κ3) is 2.51. The molecule has 0 unspecified atom stereocenters. The molecule has 2 aromatic rings. The third-order valence-corrected chi connectivity index (χ3v) is 3.47. The Morgan fingerprint density at radius 1 is 1.20 bits per heavy atom. The number of benzene rings is 2. The van der Waals surface area contributed by atoms with Crippen molar-refractivity contribution in [1.82, 2.24) is 0 Å². The fourth-order valence-corrected chi connectivity index (χ4v) is 2.34. The first-order valence-corrected chi connectivity index (χ1v) is 6.64. The van der Waals surface area contributed by atoms with E-state index in [2.05, 4.69) is 10.6 Å². The van der Waals surface area contributed by atoms with E-state index in [1.165, 1.54) is 5.56 Å². The van der Waals surface area contributed by atoms with E-state index in [1.807, 2.05) is 18.2 Å². The number of anilines is 2. The molecule has 3 N–H and O–H groups in total. The van der Waals surface area contributed by atoms with Crippen molar-refractivity contribution in [2.24, 2.45) is 0 Å². The van der Waals surface area contributed by atoms with Crippen LogP contribution in [0.2, 0.25) is 0 Å². The zero-order valence-electron chi connectivity index (χ0n) is 11.0. The molecule has 0 atom stereocenters. The molecule has 2 aromatic carbocycles. The Morgan fingerprint density at radius 2 is 2.00 bits per heavy atom. The lowest BCUT2D eigenvalue weighted by atomic mass is 10.1. The van der Waals surface area contributed by atoms with Gasteiger partial charge in [-0.15, -0.1) is 0 Å². The van der Waals surface area contributed by atoms with Crippen molar-refractivity contribution in [3.8, 4) is 0 Å². The fraction of sp³-hybridized carbons (Fsp3) is 0.188. The molecule has 0 bridgehead atoms. The number of amides is 1. The van der Waals surface area contributed by atoms with Gasteiger partial charge in [0.1, 0.15) is 0 Å². The number of aliphatic hydroxyl groups excluding tert-OH is 1. The molecule has 0 spiro atoms. The van der Waals surface area contributed by atoms with E-state index in [4.69, 9.17) is 5.11 Å². The molecule has 1 aliphatic heterocycles. The van der Waals surface area contributed by atoms with Gasteiger partial charge in [-0.25, -0.2) is 0 Å². The maximum absolute atomic E-state index is 12.2. The smallest absolute Gasteiger partial charge is 0.255 e. The minimum absolute atomic E-state index is 0.00600. The minimum atomic E-state index is -0.114. The number of hydrogen-bond acceptors (Lipinski definition) is 3. The van der Waals surface area contributed by atoms with Crippen molar-refractivity contribution in [3.05, 3.63) is 59.2 Å². The van der Waals surface area contributed by atoms with Crippen molar-refractivity contribution in [1.29, 1.82) is 0 Å². The Hall–Kier alpha value is -2.33. The number of hydrogen-bond donors (Lipinski definition) is 3. The molecule has 1 aliphatic rings. The molecule has 1 amide bonds. The zero-order valence-corrected chi connectivity index (χ0v) is 11.0. The van der Waals surface area contributed by atoms with Crippen LogP contribution in [0, 0.1) is 0 Å². The van der Waals surface area contributed by atoms with Gasteiger partial charge in [-0.05, 0) is 47.9 Å². The average Bonchev–Trinajstić information content (AvgIpc) is 2.95. The largest absolute Gasteiger partial charge is 0.392 e. The van der Waals surface area contributed by atoms with Gasteiger partial charge in [0, 0.05) is 23.5 Å². The van der Waals surface area contributed by atoms with Crippen LogP contribution >= 0.6 is 0 Å². The van der Waals surface area contributed by atoms with Gasteiger partial charge < -0.3 is 15.7 Å². The van der Waals surface area contributed by atoms with Crippen molar-refractivity contribution >= 4 is 17.3 Å². The summed E-state index contributed by atoms with van der Waals surface area (Å²) < 4.78 is 0. The molecule has 0 radical (unpaired) electrons. The Balaban J connectivity index is 1.75. The molecule has 102 valence electrons. The summed E-state index contributed by atoms with van der Waals surface area (Å²) in [5.74, 6) is -0.114. The van der Waals surface area contributed by atoms with E-state index in [1.54, 1.807) is 24.3 Å². The first-order chi connectivity index (χ1) is 9.76. The Labute approximate surface area is 117 Å². The van der Waals surface area contributed by atoms with Gasteiger partial charge in [-0.1, -0.05) is 12.1 Å². The van der Waals surface area contributed by atoms with E-state index in [9.17, 15) is 4.79 Å². The standard InChI is InChI=1S/C16H16N2O2/c19-10-11-1-4-14(5-2-11)18-16(20)13-3-6-15-12(9-13)7-8-17-15/h1-6,9,17,19H,7-8,10H2,(H,18,20). The zero-order chi connectivity index (χ0) is 13.9. The first-order valence-electron chi connectivity index (χ1n) is 6.64. The SMILES string of the molecule is O=C(Nc1ccc(CO)cc1)c1ccc2c(c1)CCN2. The van der Waals surface area contributed by atoms with Crippen LogP contribution in [-0.4, -0.2) is 17.6 Å². The van der Waals surface area contributed by atoms with E-state index in [-0.39, 0.29) is 12.5 Å². The van der Waals surface area contributed by atoms with E-state index in [0.29, 0.717) is 5.56 Å². The van der Waals surface area contributed by atoms with Crippen LogP contribution in [0.15, 0.2) is 42.5 Å². The van der Waals surface area contributed by atoms with Gasteiger partial charge in [-0.3, -0.25) is 4.79 Å². The van der Waals surface area contributed by atoms with Gasteiger partial charge in [0.2, 0.25) is 0 Å². The van der Waals surface area contributed by atoms with Crippen molar-refractivity contribution in [3.63, 3.8) is 0 Å². The second kappa shape index (κ2) is 5.35. The molecule has 0 aliphatic carbocycles. The predicted octanol–water partition coefficient (Wildman–Crippen LogP) is 2.40. The lowest BCUT2D eigenvalue weighted by molar-refractivity contribution is 0.102. The van der Waals surface area contributed by atoms with Crippen LogP contribution in [0.1, 0.15) is 21.5 Å². The molecule has 4 heteroatoms. The number of fused-ring (bicyclic) bond motifs is 1. The fourth-order valence-electron chi connectivity index (χ4n) is 2.34. The molecular formula is C16H16N2O2. The van der Waals surface area contributed by atoms with Gasteiger partial charge in [-0.2, -0.15) is 0 Å². The summed E-state index contributed by atoms with van der Waals surface area (Å²) in [6, 6.07) is 12.9. The number of rotatable bonds is 3. The average molecular weight is 268 g/mol. The third-order valence-electron chi connectivity index (χ3n) is 3.47. The molecule has 4 nitrogen and oxygen atoms in total. The Morgan fingerprint density at radius 3 is 2.75 bits per heavy atom. The van der Waals surface area contributed by atoms with Gasteiger partial charge in [0.15, 0.2) is 0 Å². The summed E-state index contributed by atoms with van der Waals surface area (Å²) in [5.41, 5.74) is 4.53. The van der Waals surface area contributed by atoms with Crippen molar-refractivity contribution in [2.75, 3.05) is 17.2 Å². The quantitative estimate of drug-likeness (QED) is 0.801. The van der Waals surface area contributed by atoms with Crippen molar-refractivity contribution < 1.29 is 9.90 Å². The normalized spacial score (nSPS) is 12.7. The second-order valence-electron chi connectivity index (χ2n) is 4.86. The summed E-state index contributed by atoms with van der Waals surface area (Å²) in [4.78, 5) is 12.2. The number of aliphatic hydroxyl groups is 1. The predicted molar refractivity (Wildman–Crippen MR) is 79.0 cm³/mol. The van der Waals surface area contributed by atoms with Gasteiger partial charge >= 0.3 is 0 Å². The van der Waals surface area contributed by atoms with Crippen LogP contribution in [0.4, 0.5) is 11.4 Å². The first kappa shape index (κ1) is 12.7. The lowest BCUT2D eigenvalue weighted by Gasteiger charge is -2.07. The molecule has 0 fully saturated rings. The highest BCUT2D eigenvalue weighted by molar-refractivity contribution is 6.04. The van der Waals surface area contributed by atoms with Crippen LogP contribution in [0.3, 0.4) is 0 Å². The Kier molecular flexibility index (Phi) is 3.39. The lowest BCUT2D eigenvalue weighted by Crippen LogP contribution is -2.12. The summed E-state index contributed by atoms with van der Waals surface area (Å²) in [6.07, 6.45) is 0.960. The molecule has 0 saturated carbocycles. The summed E-state index contributed by atoms with van der Waals surface area (Å²) >= 11 is 0. The van der Waals surface area contributed by atoms with Gasteiger partial charge in [0.25, 0.3) is 5.91 Å². The molecule has 20 heavy (non-hydrogen) atoms. The summed E-state index contributed by atoms with van der Waals surface area (Å²) in [5, 5.41) is 15.1. The molecule has 0 aromatic heterocycles. The summed E-state index contributed by atoms with van der Waals surface area (Å²) in [7, 11) is 0. The van der Waals surface area contributed by atoms with Crippen LogP contribution in [-0.2, 0) is 13.0 Å². The van der Waals surface area contributed by atoms with Crippen molar-refractivity contribution in [2.45, 2.75) is 13.0 Å². The highest BCUT2D eigenvalue weighted by Crippen LogP contribution is 2.23. The van der Waals surface area contributed by atoms with Crippen LogP contribution in [0.25, 0.3) is 0 Å². The van der Waals surface area contributed by atoms with E-state index >= 15 is 0 Å².